The second kappa shape index (κ2) is 6.53. The van der Waals surface area contributed by atoms with Crippen molar-refractivity contribution in [1.82, 2.24) is 20.4 Å². The van der Waals surface area contributed by atoms with Crippen molar-refractivity contribution in [3.05, 3.63) is 41.8 Å². The van der Waals surface area contributed by atoms with Crippen molar-refractivity contribution in [2.75, 3.05) is 38.1 Å². The summed E-state index contributed by atoms with van der Waals surface area (Å²) in [6.45, 7) is 3.16. The minimum absolute atomic E-state index is 0.0518. The van der Waals surface area contributed by atoms with Crippen LogP contribution in [0.25, 0.3) is 0 Å². The zero-order chi connectivity index (χ0) is 17.4. The Hall–Kier alpha value is -2.32. The van der Waals surface area contributed by atoms with Crippen LogP contribution in [-0.4, -0.2) is 54.2 Å². The van der Waals surface area contributed by atoms with Gasteiger partial charge in [-0.1, -0.05) is 5.16 Å². The maximum Gasteiger partial charge on any atom is 0.239 e. The van der Waals surface area contributed by atoms with Crippen LogP contribution in [0.5, 0.6) is 0 Å². The maximum absolute atomic E-state index is 13.1. The van der Waals surface area contributed by atoms with Crippen molar-refractivity contribution in [3.8, 4) is 0 Å². The van der Waals surface area contributed by atoms with E-state index in [1.165, 1.54) is 12.1 Å². The van der Waals surface area contributed by atoms with E-state index in [0.717, 1.165) is 19.6 Å². The van der Waals surface area contributed by atoms with Crippen molar-refractivity contribution in [3.63, 3.8) is 0 Å². The van der Waals surface area contributed by atoms with E-state index in [0.29, 0.717) is 30.4 Å². The number of halogens is 1. The van der Waals surface area contributed by atoms with Gasteiger partial charge in [-0.3, -0.25) is 9.69 Å². The van der Waals surface area contributed by atoms with E-state index < -0.39 is 5.92 Å². The van der Waals surface area contributed by atoms with Crippen LogP contribution in [0.15, 0.2) is 28.8 Å². The molecule has 1 N–H and O–H groups in total. The molecule has 1 aromatic heterocycles. The fraction of sp³-hybridized carbons (Fsp3) is 0.471. The number of anilines is 1. The Labute approximate surface area is 144 Å². The van der Waals surface area contributed by atoms with Crippen molar-refractivity contribution in [2.45, 2.75) is 18.4 Å². The van der Waals surface area contributed by atoms with Gasteiger partial charge >= 0.3 is 0 Å². The summed E-state index contributed by atoms with van der Waals surface area (Å²) in [6, 6.07) is 5.98. The number of amides is 1. The van der Waals surface area contributed by atoms with Crippen LogP contribution >= 0.6 is 0 Å². The second-order valence-electron chi connectivity index (χ2n) is 6.50. The number of piperazine rings is 1. The molecule has 2 unspecified atom stereocenters. The first-order valence-corrected chi connectivity index (χ1v) is 8.45. The van der Waals surface area contributed by atoms with Gasteiger partial charge in [-0.05, 0) is 37.7 Å². The molecule has 3 heterocycles. The smallest absolute Gasteiger partial charge is 0.239 e. The molecule has 2 aliphatic heterocycles. The SMILES string of the molecule is CN1CCNCC1c1noc(C2CCN(c3ccc(F)cc3)C2=O)n1. The molecule has 2 fully saturated rings. The largest absolute Gasteiger partial charge is 0.338 e. The van der Waals surface area contributed by atoms with Gasteiger partial charge in [0.15, 0.2) is 5.82 Å². The van der Waals surface area contributed by atoms with Crippen LogP contribution in [0.4, 0.5) is 10.1 Å². The average molecular weight is 345 g/mol. The molecule has 2 aliphatic rings. The van der Waals surface area contributed by atoms with E-state index in [2.05, 4.69) is 20.4 Å². The summed E-state index contributed by atoms with van der Waals surface area (Å²) in [5, 5.41) is 7.41. The molecule has 4 rings (SSSR count). The lowest BCUT2D eigenvalue weighted by atomic mass is 10.1. The number of likely N-dealkylation sites (N-methyl/N-ethyl adjacent to an activating group) is 1. The first-order valence-electron chi connectivity index (χ1n) is 8.45. The van der Waals surface area contributed by atoms with Crippen LogP contribution in [-0.2, 0) is 4.79 Å². The summed E-state index contributed by atoms with van der Waals surface area (Å²) >= 11 is 0. The Morgan fingerprint density at radius 2 is 2.08 bits per heavy atom. The summed E-state index contributed by atoms with van der Waals surface area (Å²) in [5.41, 5.74) is 0.685. The van der Waals surface area contributed by atoms with Gasteiger partial charge in [0, 0.05) is 31.9 Å². The molecule has 0 radical (unpaired) electrons. The molecular weight excluding hydrogens is 325 g/mol. The van der Waals surface area contributed by atoms with Crippen molar-refractivity contribution >= 4 is 11.6 Å². The molecule has 2 saturated heterocycles. The predicted molar refractivity (Wildman–Crippen MR) is 88.6 cm³/mol. The molecule has 25 heavy (non-hydrogen) atoms. The monoisotopic (exact) mass is 345 g/mol. The van der Waals surface area contributed by atoms with Gasteiger partial charge in [0.05, 0.1) is 6.04 Å². The van der Waals surface area contributed by atoms with Crippen molar-refractivity contribution < 1.29 is 13.7 Å². The highest BCUT2D eigenvalue weighted by Crippen LogP contribution is 2.32. The minimum atomic E-state index is -0.437. The molecule has 7 nitrogen and oxygen atoms in total. The molecular formula is C17H20FN5O2. The van der Waals surface area contributed by atoms with Crippen molar-refractivity contribution in [1.29, 1.82) is 0 Å². The second-order valence-corrected chi connectivity index (χ2v) is 6.50. The fourth-order valence-electron chi connectivity index (χ4n) is 3.40. The minimum Gasteiger partial charge on any atom is -0.338 e. The zero-order valence-corrected chi connectivity index (χ0v) is 14.0. The Morgan fingerprint density at radius 1 is 1.28 bits per heavy atom. The average Bonchev–Trinajstić information content (AvgIpc) is 3.23. The number of carbonyl (C=O) groups excluding carboxylic acids is 1. The van der Waals surface area contributed by atoms with Crippen LogP contribution in [0.3, 0.4) is 0 Å². The predicted octanol–water partition coefficient (Wildman–Crippen LogP) is 1.31. The van der Waals surface area contributed by atoms with Gasteiger partial charge in [-0.25, -0.2) is 4.39 Å². The normalized spacial score (nSPS) is 24.9. The molecule has 0 aliphatic carbocycles. The number of hydrogen-bond acceptors (Lipinski definition) is 6. The standard InChI is InChI=1S/C17H20FN5O2/c1-22-9-7-19-10-14(22)15-20-16(25-21-15)13-6-8-23(17(13)24)12-4-2-11(18)3-5-12/h2-5,13-14,19H,6-10H2,1H3. The topological polar surface area (TPSA) is 74.5 Å². The highest BCUT2D eigenvalue weighted by molar-refractivity contribution is 5.99. The van der Waals surface area contributed by atoms with E-state index in [4.69, 9.17) is 4.52 Å². The summed E-state index contributed by atoms with van der Waals surface area (Å²) in [4.78, 5) is 21.0. The van der Waals surface area contributed by atoms with Crippen LogP contribution < -0.4 is 10.2 Å². The first kappa shape index (κ1) is 16.2. The molecule has 0 bridgehead atoms. The molecule has 8 heteroatoms. The molecule has 1 aromatic carbocycles. The quantitative estimate of drug-likeness (QED) is 0.904. The molecule has 2 aromatic rings. The first-order chi connectivity index (χ1) is 12.1. The Kier molecular flexibility index (Phi) is 4.22. The number of nitrogens with one attached hydrogen (secondary N) is 1. The Balaban J connectivity index is 1.51. The number of rotatable bonds is 3. The third kappa shape index (κ3) is 3.03. The van der Waals surface area contributed by atoms with Crippen LogP contribution in [0.1, 0.15) is 30.1 Å². The van der Waals surface area contributed by atoms with Gasteiger partial charge in [0.25, 0.3) is 0 Å². The zero-order valence-electron chi connectivity index (χ0n) is 14.0. The highest BCUT2D eigenvalue weighted by Gasteiger charge is 2.38. The number of aromatic nitrogens is 2. The summed E-state index contributed by atoms with van der Waals surface area (Å²) < 4.78 is 18.5. The molecule has 1 amide bonds. The lowest BCUT2D eigenvalue weighted by Gasteiger charge is -2.30. The van der Waals surface area contributed by atoms with E-state index in [1.807, 2.05) is 7.05 Å². The molecule has 0 saturated carbocycles. The molecule has 132 valence electrons. The number of benzene rings is 1. The third-order valence-corrected chi connectivity index (χ3v) is 4.91. The van der Waals surface area contributed by atoms with Crippen molar-refractivity contribution in [2.24, 2.45) is 0 Å². The van der Waals surface area contributed by atoms with Crippen LogP contribution in [0.2, 0.25) is 0 Å². The van der Waals surface area contributed by atoms with Gasteiger partial charge in [0.2, 0.25) is 11.8 Å². The molecule has 0 spiro atoms. The lowest BCUT2D eigenvalue weighted by molar-refractivity contribution is -0.118. The van der Waals surface area contributed by atoms with Gasteiger partial charge in [0.1, 0.15) is 11.7 Å². The van der Waals surface area contributed by atoms with Gasteiger partial charge < -0.3 is 14.7 Å². The van der Waals surface area contributed by atoms with Gasteiger partial charge in [-0.2, -0.15) is 4.98 Å². The fourth-order valence-corrected chi connectivity index (χ4v) is 3.40. The summed E-state index contributed by atoms with van der Waals surface area (Å²) in [5.74, 6) is 0.130. The summed E-state index contributed by atoms with van der Waals surface area (Å²) in [7, 11) is 2.03. The van der Waals surface area contributed by atoms with E-state index in [-0.39, 0.29) is 17.8 Å². The van der Waals surface area contributed by atoms with E-state index >= 15 is 0 Å². The molecule has 2 atom stereocenters. The third-order valence-electron chi connectivity index (χ3n) is 4.91. The number of nitrogens with zero attached hydrogens (tertiary/aromatic N) is 4. The lowest BCUT2D eigenvalue weighted by Crippen LogP contribution is -2.44. The number of carbonyl (C=O) groups is 1. The van der Waals surface area contributed by atoms with E-state index in [9.17, 15) is 9.18 Å². The number of hydrogen-bond donors (Lipinski definition) is 1. The summed E-state index contributed by atoms with van der Waals surface area (Å²) in [6.07, 6.45) is 0.608. The van der Waals surface area contributed by atoms with Gasteiger partial charge in [-0.15, -0.1) is 0 Å². The Bertz CT molecular complexity index is 763. The highest BCUT2D eigenvalue weighted by atomic mass is 19.1. The van der Waals surface area contributed by atoms with E-state index in [1.54, 1.807) is 17.0 Å². The maximum atomic E-state index is 13.1. The van der Waals surface area contributed by atoms with Crippen LogP contribution in [0, 0.1) is 5.82 Å². The Morgan fingerprint density at radius 3 is 2.84 bits per heavy atom.